The molecule has 2 rings (SSSR count). The third-order valence-corrected chi connectivity index (χ3v) is 4.63. The number of amides is 2. The molecule has 0 saturated carbocycles. The first-order valence-corrected chi connectivity index (χ1v) is 8.86. The standard InChI is InChI=1S/C19H28N2O2.ClH/c1-3-20(4-2)14-10-6-5-7-11-15-21-18(22)16-12-8-9-13-17(16)19(21)23;/h8-9,12-13H,3-7,10-11,14-15H2,1-2H3;1H. The van der Waals surface area contributed by atoms with Gasteiger partial charge < -0.3 is 4.90 Å². The molecule has 1 aromatic rings. The zero-order chi connectivity index (χ0) is 16.7. The second-order valence-electron chi connectivity index (χ2n) is 6.10. The van der Waals surface area contributed by atoms with Crippen LogP contribution in [0.1, 0.15) is 66.7 Å². The van der Waals surface area contributed by atoms with Gasteiger partial charge in [0.05, 0.1) is 11.1 Å². The largest absolute Gasteiger partial charge is 0.304 e. The van der Waals surface area contributed by atoms with Crippen LogP contribution < -0.4 is 0 Å². The molecule has 0 unspecified atom stereocenters. The summed E-state index contributed by atoms with van der Waals surface area (Å²) in [7, 11) is 0. The number of carbonyl (C=O) groups excluding carboxylic acids is 2. The minimum absolute atomic E-state index is 0. The quantitative estimate of drug-likeness (QED) is 0.472. The number of nitrogens with zero attached hydrogens (tertiary/aromatic N) is 2. The number of imide groups is 1. The summed E-state index contributed by atoms with van der Waals surface area (Å²) >= 11 is 0. The zero-order valence-electron chi connectivity index (χ0n) is 14.8. The van der Waals surface area contributed by atoms with Gasteiger partial charge in [0.1, 0.15) is 0 Å². The van der Waals surface area contributed by atoms with Gasteiger partial charge in [-0.15, -0.1) is 12.4 Å². The van der Waals surface area contributed by atoms with Crippen molar-refractivity contribution in [3.8, 4) is 0 Å². The molecule has 1 aliphatic rings. The zero-order valence-corrected chi connectivity index (χ0v) is 15.6. The molecule has 0 radical (unpaired) electrons. The van der Waals surface area contributed by atoms with Crippen LogP contribution in [0, 0.1) is 0 Å². The molecule has 0 N–H and O–H groups in total. The van der Waals surface area contributed by atoms with Gasteiger partial charge in [-0.1, -0.05) is 45.2 Å². The van der Waals surface area contributed by atoms with Gasteiger partial charge in [0.15, 0.2) is 0 Å². The van der Waals surface area contributed by atoms with E-state index in [1.165, 1.54) is 30.7 Å². The average Bonchev–Trinajstić information content (AvgIpc) is 2.82. The van der Waals surface area contributed by atoms with Gasteiger partial charge in [-0.25, -0.2) is 0 Å². The maximum atomic E-state index is 12.2. The van der Waals surface area contributed by atoms with Crippen molar-refractivity contribution >= 4 is 24.2 Å². The number of fused-ring (bicyclic) bond motifs is 1. The number of halogens is 1. The average molecular weight is 353 g/mol. The molecule has 0 aromatic heterocycles. The topological polar surface area (TPSA) is 40.6 Å². The van der Waals surface area contributed by atoms with E-state index in [4.69, 9.17) is 0 Å². The Kier molecular flexibility index (Phi) is 9.01. The second kappa shape index (κ2) is 10.5. The molecule has 134 valence electrons. The fourth-order valence-electron chi connectivity index (χ4n) is 3.12. The molecule has 0 atom stereocenters. The van der Waals surface area contributed by atoms with Crippen LogP contribution in [0.2, 0.25) is 0 Å². The van der Waals surface area contributed by atoms with Crippen molar-refractivity contribution < 1.29 is 9.59 Å². The number of carbonyl (C=O) groups is 2. The van der Waals surface area contributed by atoms with Crippen LogP contribution in [-0.4, -0.2) is 47.8 Å². The Morgan fingerprint density at radius 3 is 1.88 bits per heavy atom. The van der Waals surface area contributed by atoms with Gasteiger partial charge in [0, 0.05) is 6.54 Å². The van der Waals surface area contributed by atoms with Crippen LogP contribution in [0.4, 0.5) is 0 Å². The van der Waals surface area contributed by atoms with Gasteiger partial charge in [-0.2, -0.15) is 0 Å². The van der Waals surface area contributed by atoms with E-state index in [2.05, 4.69) is 18.7 Å². The van der Waals surface area contributed by atoms with Crippen LogP contribution in [0.3, 0.4) is 0 Å². The second-order valence-corrected chi connectivity index (χ2v) is 6.10. The molecule has 0 aliphatic carbocycles. The van der Waals surface area contributed by atoms with Gasteiger partial charge in [-0.3, -0.25) is 14.5 Å². The fraction of sp³-hybridized carbons (Fsp3) is 0.579. The first kappa shape index (κ1) is 20.7. The Morgan fingerprint density at radius 2 is 1.33 bits per heavy atom. The molecule has 0 fully saturated rings. The van der Waals surface area contributed by atoms with E-state index in [1.807, 2.05) is 12.1 Å². The third-order valence-electron chi connectivity index (χ3n) is 4.63. The molecule has 1 heterocycles. The van der Waals surface area contributed by atoms with E-state index in [-0.39, 0.29) is 24.2 Å². The monoisotopic (exact) mass is 352 g/mol. The molecule has 5 heteroatoms. The molecule has 0 bridgehead atoms. The molecule has 4 nitrogen and oxygen atoms in total. The summed E-state index contributed by atoms with van der Waals surface area (Å²) in [5.41, 5.74) is 1.11. The fourth-order valence-corrected chi connectivity index (χ4v) is 3.12. The van der Waals surface area contributed by atoms with Crippen molar-refractivity contribution in [1.29, 1.82) is 0 Å². The summed E-state index contributed by atoms with van der Waals surface area (Å²) in [6.07, 6.45) is 5.60. The van der Waals surface area contributed by atoms with E-state index < -0.39 is 0 Å². The van der Waals surface area contributed by atoms with E-state index in [0.717, 1.165) is 25.9 Å². The predicted octanol–water partition coefficient (Wildman–Crippen LogP) is 4.00. The van der Waals surface area contributed by atoms with E-state index in [9.17, 15) is 9.59 Å². The molecule has 2 amide bonds. The lowest BCUT2D eigenvalue weighted by Gasteiger charge is -2.17. The number of rotatable bonds is 10. The minimum Gasteiger partial charge on any atom is -0.304 e. The Labute approximate surface area is 151 Å². The Bertz CT molecular complexity index is 509. The van der Waals surface area contributed by atoms with Gasteiger partial charge in [0.25, 0.3) is 11.8 Å². The van der Waals surface area contributed by atoms with Crippen LogP contribution in [0.25, 0.3) is 0 Å². The van der Waals surface area contributed by atoms with E-state index >= 15 is 0 Å². The van der Waals surface area contributed by atoms with Crippen LogP contribution in [-0.2, 0) is 0 Å². The summed E-state index contributed by atoms with van der Waals surface area (Å²) in [5, 5.41) is 0. The number of benzene rings is 1. The number of unbranched alkanes of at least 4 members (excludes halogenated alkanes) is 4. The smallest absolute Gasteiger partial charge is 0.261 e. The highest BCUT2D eigenvalue weighted by atomic mass is 35.5. The maximum Gasteiger partial charge on any atom is 0.261 e. The molecule has 24 heavy (non-hydrogen) atoms. The highest BCUT2D eigenvalue weighted by Crippen LogP contribution is 2.22. The van der Waals surface area contributed by atoms with Crippen molar-refractivity contribution in [2.24, 2.45) is 0 Å². The Balaban J connectivity index is 0.00000288. The van der Waals surface area contributed by atoms with Crippen molar-refractivity contribution in [3.63, 3.8) is 0 Å². The van der Waals surface area contributed by atoms with Gasteiger partial charge >= 0.3 is 0 Å². The van der Waals surface area contributed by atoms with Crippen LogP contribution in [0.15, 0.2) is 24.3 Å². The van der Waals surface area contributed by atoms with E-state index in [0.29, 0.717) is 17.7 Å². The molecule has 1 aromatic carbocycles. The van der Waals surface area contributed by atoms with Crippen molar-refractivity contribution in [1.82, 2.24) is 9.80 Å². The molecule has 1 aliphatic heterocycles. The SMILES string of the molecule is CCN(CC)CCCCCCCN1C(=O)c2ccccc2C1=O.Cl. The molecule has 0 spiro atoms. The summed E-state index contributed by atoms with van der Waals surface area (Å²) in [6, 6.07) is 7.10. The highest BCUT2D eigenvalue weighted by molar-refractivity contribution is 6.21. The van der Waals surface area contributed by atoms with Crippen molar-refractivity contribution in [2.45, 2.75) is 46.0 Å². The van der Waals surface area contributed by atoms with E-state index in [1.54, 1.807) is 12.1 Å². The maximum absolute atomic E-state index is 12.2. The summed E-state index contributed by atoms with van der Waals surface area (Å²) in [6.45, 7) is 8.36. The van der Waals surface area contributed by atoms with Crippen molar-refractivity contribution in [2.75, 3.05) is 26.2 Å². The van der Waals surface area contributed by atoms with Gasteiger partial charge in [-0.05, 0) is 44.6 Å². The van der Waals surface area contributed by atoms with Crippen LogP contribution in [0.5, 0.6) is 0 Å². The Hall–Kier alpha value is -1.39. The normalized spacial score (nSPS) is 13.4. The number of hydrogen-bond acceptors (Lipinski definition) is 3. The predicted molar refractivity (Wildman–Crippen MR) is 99.9 cm³/mol. The Morgan fingerprint density at radius 1 is 0.833 bits per heavy atom. The molecular formula is C19H29ClN2O2. The third kappa shape index (κ3) is 5.05. The first-order chi connectivity index (χ1) is 11.2. The highest BCUT2D eigenvalue weighted by Gasteiger charge is 2.34. The summed E-state index contributed by atoms with van der Waals surface area (Å²) in [5.74, 6) is -0.265. The first-order valence-electron chi connectivity index (χ1n) is 8.86. The van der Waals surface area contributed by atoms with Crippen LogP contribution >= 0.6 is 12.4 Å². The minimum atomic E-state index is -0.132. The van der Waals surface area contributed by atoms with Crippen molar-refractivity contribution in [3.05, 3.63) is 35.4 Å². The molecule has 0 saturated heterocycles. The lowest BCUT2D eigenvalue weighted by atomic mass is 10.1. The number of hydrogen-bond donors (Lipinski definition) is 0. The lowest BCUT2D eigenvalue weighted by molar-refractivity contribution is 0.0651. The summed E-state index contributed by atoms with van der Waals surface area (Å²) < 4.78 is 0. The van der Waals surface area contributed by atoms with Gasteiger partial charge in [0.2, 0.25) is 0 Å². The lowest BCUT2D eigenvalue weighted by Crippen LogP contribution is -2.30. The molecular weight excluding hydrogens is 324 g/mol. The summed E-state index contributed by atoms with van der Waals surface area (Å²) in [4.78, 5) is 28.3.